The zero-order valence-corrected chi connectivity index (χ0v) is 11.8. The van der Waals surface area contributed by atoms with E-state index in [9.17, 15) is 17.1 Å². The van der Waals surface area contributed by atoms with Crippen molar-refractivity contribution in [3.63, 3.8) is 0 Å². The number of aromatic nitrogens is 1. The maximum absolute atomic E-state index is 12.4. The largest absolute Gasteiger partial charge is 0.488 e. The average Bonchev–Trinajstić information content (AvgIpc) is 2.84. The number of hydrogen-bond donors (Lipinski definition) is 1. The van der Waals surface area contributed by atoms with Crippen molar-refractivity contribution in [3.8, 4) is 5.75 Å². The number of nitrogens with one attached hydrogen (secondary N) is 1. The summed E-state index contributed by atoms with van der Waals surface area (Å²) >= 11 is 0. The highest BCUT2D eigenvalue weighted by atomic mass is 32.3. The van der Waals surface area contributed by atoms with Gasteiger partial charge in [-0.15, -0.1) is 0 Å². The Morgan fingerprint density at radius 1 is 1.48 bits per heavy atom. The molecule has 1 N–H and O–H groups in total. The molecule has 116 valence electrons. The lowest BCUT2D eigenvalue weighted by Crippen LogP contribution is -2.43. The van der Waals surface area contributed by atoms with Gasteiger partial charge >= 0.3 is 10.5 Å². The van der Waals surface area contributed by atoms with Gasteiger partial charge in [-0.1, -0.05) is 3.89 Å². The highest BCUT2D eigenvalue weighted by Crippen LogP contribution is 2.15. The number of hydrogen-bond acceptors (Lipinski definition) is 7. The quantitative estimate of drug-likeness (QED) is 0.750. The molecule has 1 aliphatic rings. The van der Waals surface area contributed by atoms with Crippen LogP contribution < -0.4 is 9.50 Å². The molecule has 0 aliphatic carbocycles. The molecule has 8 nitrogen and oxygen atoms in total. The second kappa shape index (κ2) is 6.33. The molecule has 1 aromatic rings. The van der Waals surface area contributed by atoms with Crippen molar-refractivity contribution in [1.29, 1.82) is 0 Å². The highest BCUT2D eigenvalue weighted by Gasteiger charge is 2.29. The van der Waals surface area contributed by atoms with Crippen LogP contribution in [0.15, 0.2) is 18.5 Å². The summed E-state index contributed by atoms with van der Waals surface area (Å²) in [5, 5.41) is 2.66. The third kappa shape index (κ3) is 4.34. The lowest BCUT2D eigenvalue weighted by Gasteiger charge is -2.17. The van der Waals surface area contributed by atoms with Crippen molar-refractivity contribution in [1.82, 2.24) is 10.3 Å². The van der Waals surface area contributed by atoms with Crippen molar-refractivity contribution >= 4 is 16.4 Å². The van der Waals surface area contributed by atoms with Gasteiger partial charge in [0.25, 0.3) is 5.91 Å². The van der Waals surface area contributed by atoms with Gasteiger partial charge in [-0.25, -0.2) is 0 Å². The minimum Gasteiger partial charge on any atom is -0.377 e. The Morgan fingerprint density at radius 3 is 2.90 bits per heavy atom. The number of amides is 1. The van der Waals surface area contributed by atoms with E-state index >= 15 is 0 Å². The summed E-state index contributed by atoms with van der Waals surface area (Å²) in [5.41, 5.74) is 0.0258. The van der Waals surface area contributed by atoms with E-state index in [-0.39, 0.29) is 17.7 Å². The van der Waals surface area contributed by atoms with E-state index in [0.29, 0.717) is 13.2 Å². The number of carbonyl (C=O) groups excluding carboxylic acids is 1. The Labute approximate surface area is 120 Å². The third-order valence-electron chi connectivity index (χ3n) is 2.82. The first-order chi connectivity index (χ1) is 9.89. The molecule has 0 spiro atoms. The first kappa shape index (κ1) is 15.6. The van der Waals surface area contributed by atoms with Crippen LogP contribution in [-0.4, -0.2) is 51.8 Å². The lowest BCUT2D eigenvalue weighted by molar-refractivity contribution is 0.0685. The zero-order valence-electron chi connectivity index (χ0n) is 11.0. The first-order valence-corrected chi connectivity index (χ1v) is 7.20. The van der Waals surface area contributed by atoms with Crippen LogP contribution in [0.1, 0.15) is 10.4 Å². The van der Waals surface area contributed by atoms with Gasteiger partial charge in [0.1, 0.15) is 6.10 Å². The highest BCUT2D eigenvalue weighted by molar-refractivity contribution is 7.81. The van der Waals surface area contributed by atoms with E-state index in [1.54, 1.807) is 0 Å². The second-order valence-corrected chi connectivity index (χ2v) is 5.23. The van der Waals surface area contributed by atoms with Gasteiger partial charge in [-0.05, 0) is 6.07 Å². The number of methoxy groups -OCH3 is 1. The van der Waals surface area contributed by atoms with Crippen molar-refractivity contribution in [3.05, 3.63) is 24.0 Å². The Bertz CT molecular complexity index is 623. The standard InChI is InChI=1S/C11H13FN2O6S/c1-18-10-6-19-5-9(10)14-11(15)7-2-8(4-13-3-7)20-21(12,16)17/h2-4,9-10H,5-6H2,1H3,(H,14,15)/t9-,10-/m1/s1. The van der Waals surface area contributed by atoms with Gasteiger partial charge in [0.15, 0.2) is 5.75 Å². The van der Waals surface area contributed by atoms with Gasteiger partial charge in [0, 0.05) is 13.3 Å². The summed E-state index contributed by atoms with van der Waals surface area (Å²) in [4.78, 5) is 15.6. The van der Waals surface area contributed by atoms with Crippen molar-refractivity contribution in [2.45, 2.75) is 12.1 Å². The van der Waals surface area contributed by atoms with Crippen molar-refractivity contribution in [2.24, 2.45) is 0 Å². The van der Waals surface area contributed by atoms with Gasteiger partial charge in [-0.3, -0.25) is 9.78 Å². The molecule has 0 saturated carbocycles. The molecule has 1 aliphatic heterocycles. The zero-order chi connectivity index (χ0) is 15.5. The average molecular weight is 320 g/mol. The molecule has 0 radical (unpaired) electrons. The van der Waals surface area contributed by atoms with Gasteiger partial charge in [0.2, 0.25) is 0 Å². The summed E-state index contributed by atoms with van der Waals surface area (Å²) in [6.45, 7) is 0.662. The van der Waals surface area contributed by atoms with Crippen LogP contribution in [0, 0.1) is 0 Å². The molecule has 0 unspecified atom stereocenters. The van der Waals surface area contributed by atoms with Crippen LogP contribution in [0.4, 0.5) is 3.89 Å². The molecule has 2 atom stereocenters. The summed E-state index contributed by atoms with van der Waals surface area (Å²) in [7, 11) is -3.67. The van der Waals surface area contributed by atoms with Crippen molar-refractivity contribution in [2.75, 3.05) is 20.3 Å². The Kier molecular flexibility index (Phi) is 4.70. The van der Waals surface area contributed by atoms with Crippen LogP contribution in [0.5, 0.6) is 5.75 Å². The number of ether oxygens (including phenoxy) is 2. The van der Waals surface area contributed by atoms with Gasteiger partial charge in [-0.2, -0.15) is 8.42 Å². The molecule has 2 rings (SSSR count). The summed E-state index contributed by atoms with van der Waals surface area (Å²) < 4.78 is 47.5. The predicted octanol–water partition coefficient (Wildman–Crippen LogP) is -0.182. The van der Waals surface area contributed by atoms with Crippen LogP contribution in [-0.2, 0) is 20.0 Å². The summed E-state index contributed by atoms with van der Waals surface area (Å²) in [6.07, 6.45) is 1.91. The fourth-order valence-corrected chi connectivity index (χ4v) is 2.18. The SMILES string of the molecule is CO[C@@H]1COC[C@H]1NC(=O)c1cncc(OS(=O)(=O)F)c1. The minimum absolute atomic E-state index is 0.0258. The topological polar surface area (TPSA) is 104 Å². The Balaban J connectivity index is 2.07. The van der Waals surface area contributed by atoms with E-state index < -0.39 is 22.2 Å². The fraction of sp³-hybridized carbons (Fsp3) is 0.455. The molecule has 1 saturated heterocycles. The normalized spacial score (nSPS) is 22.0. The smallest absolute Gasteiger partial charge is 0.377 e. The van der Waals surface area contributed by atoms with E-state index in [0.717, 1.165) is 12.3 Å². The Hall–Kier alpha value is -1.78. The molecule has 1 fully saturated rings. The molecule has 21 heavy (non-hydrogen) atoms. The first-order valence-electron chi connectivity index (χ1n) is 5.89. The van der Waals surface area contributed by atoms with Crippen LogP contribution in [0.3, 0.4) is 0 Å². The van der Waals surface area contributed by atoms with E-state index in [4.69, 9.17) is 9.47 Å². The summed E-state index contributed by atoms with van der Waals surface area (Å²) in [5.74, 6) is -0.919. The Morgan fingerprint density at radius 2 is 2.24 bits per heavy atom. The lowest BCUT2D eigenvalue weighted by atomic mass is 10.2. The summed E-state index contributed by atoms with van der Waals surface area (Å²) in [6, 6.07) is 0.730. The molecular formula is C11H13FN2O6S. The maximum Gasteiger partial charge on any atom is 0.488 e. The minimum atomic E-state index is -5.17. The number of rotatable bonds is 5. The maximum atomic E-state index is 12.4. The van der Waals surface area contributed by atoms with Gasteiger partial charge in [0.05, 0.1) is 31.0 Å². The van der Waals surface area contributed by atoms with E-state index in [2.05, 4.69) is 14.5 Å². The van der Waals surface area contributed by atoms with E-state index in [1.807, 2.05) is 0 Å². The molecule has 10 heteroatoms. The van der Waals surface area contributed by atoms with Crippen LogP contribution >= 0.6 is 0 Å². The molecule has 2 heterocycles. The third-order valence-corrected chi connectivity index (χ3v) is 3.21. The number of carbonyl (C=O) groups is 1. The van der Waals surface area contributed by atoms with Crippen LogP contribution in [0.25, 0.3) is 0 Å². The molecule has 1 amide bonds. The monoisotopic (exact) mass is 320 g/mol. The second-order valence-electron chi connectivity index (χ2n) is 4.28. The predicted molar refractivity (Wildman–Crippen MR) is 67.8 cm³/mol. The molecule has 0 aromatic carbocycles. The number of pyridine rings is 1. The fourth-order valence-electron chi connectivity index (χ4n) is 1.86. The molecule has 0 bridgehead atoms. The van der Waals surface area contributed by atoms with Gasteiger partial charge < -0.3 is 19.0 Å². The number of nitrogens with zero attached hydrogens (tertiary/aromatic N) is 1. The van der Waals surface area contributed by atoms with E-state index in [1.165, 1.54) is 13.3 Å². The van der Waals surface area contributed by atoms with Crippen LogP contribution in [0.2, 0.25) is 0 Å². The van der Waals surface area contributed by atoms with Crippen molar-refractivity contribution < 1.29 is 30.8 Å². The molecule has 1 aromatic heterocycles. The molecular weight excluding hydrogens is 307 g/mol. The number of halogens is 1.